The lowest BCUT2D eigenvalue weighted by atomic mass is 10.1. The summed E-state index contributed by atoms with van der Waals surface area (Å²) in [7, 11) is 2.22. The van der Waals surface area contributed by atoms with Crippen molar-refractivity contribution in [2.24, 2.45) is 0 Å². The zero-order chi connectivity index (χ0) is 10.7. The average Bonchev–Trinajstić information content (AvgIpc) is 2.88. The van der Waals surface area contributed by atoms with Crippen molar-refractivity contribution < 1.29 is 0 Å². The van der Waals surface area contributed by atoms with E-state index in [1.165, 1.54) is 24.9 Å². The highest BCUT2D eigenvalue weighted by molar-refractivity contribution is 7.07. The molecule has 0 amide bonds. The maximum atomic E-state index is 3.55. The molecule has 3 heteroatoms. The van der Waals surface area contributed by atoms with Crippen molar-refractivity contribution >= 4 is 11.3 Å². The number of likely N-dealkylation sites (N-methyl/N-ethyl adjacent to an activating group) is 1. The zero-order valence-electron chi connectivity index (χ0n) is 9.57. The predicted octanol–water partition coefficient (Wildman–Crippen LogP) is 2.49. The summed E-state index contributed by atoms with van der Waals surface area (Å²) in [5.41, 5.74) is 1.44. The Morgan fingerprint density at radius 2 is 2.53 bits per heavy atom. The molecule has 2 heterocycles. The van der Waals surface area contributed by atoms with Crippen molar-refractivity contribution in [3.8, 4) is 0 Å². The van der Waals surface area contributed by atoms with Gasteiger partial charge in [0.15, 0.2) is 0 Å². The Bertz CT molecular complexity index is 278. The van der Waals surface area contributed by atoms with E-state index in [2.05, 4.69) is 41.0 Å². The van der Waals surface area contributed by atoms with Crippen LogP contribution in [-0.4, -0.2) is 31.1 Å². The van der Waals surface area contributed by atoms with E-state index in [-0.39, 0.29) is 0 Å². The third-order valence-corrected chi connectivity index (χ3v) is 4.06. The van der Waals surface area contributed by atoms with Crippen LogP contribution < -0.4 is 5.32 Å². The Morgan fingerprint density at radius 1 is 1.67 bits per heavy atom. The smallest absolute Gasteiger partial charge is 0.0325 e. The molecule has 15 heavy (non-hydrogen) atoms. The van der Waals surface area contributed by atoms with Crippen LogP contribution in [-0.2, 0) is 0 Å². The second-order valence-electron chi connectivity index (χ2n) is 4.47. The lowest BCUT2D eigenvalue weighted by molar-refractivity contribution is 0.238. The summed E-state index contributed by atoms with van der Waals surface area (Å²) in [5, 5.41) is 7.96. The number of rotatable bonds is 4. The number of hydrogen-bond acceptors (Lipinski definition) is 3. The van der Waals surface area contributed by atoms with Gasteiger partial charge < -0.3 is 5.32 Å². The van der Waals surface area contributed by atoms with Gasteiger partial charge in [-0.1, -0.05) is 0 Å². The summed E-state index contributed by atoms with van der Waals surface area (Å²) in [6.07, 6.45) is 2.67. The van der Waals surface area contributed by atoms with E-state index in [0.29, 0.717) is 12.1 Å². The van der Waals surface area contributed by atoms with Crippen molar-refractivity contribution in [3.63, 3.8) is 0 Å². The number of hydrogen-bond donors (Lipinski definition) is 1. The molecule has 2 unspecified atom stereocenters. The fourth-order valence-corrected chi connectivity index (χ4v) is 2.93. The molecule has 1 N–H and O–H groups in total. The fourth-order valence-electron chi connectivity index (χ4n) is 2.19. The molecule has 0 spiro atoms. The van der Waals surface area contributed by atoms with Gasteiger partial charge in [-0.25, -0.2) is 0 Å². The van der Waals surface area contributed by atoms with Crippen LogP contribution in [0.5, 0.6) is 0 Å². The highest BCUT2D eigenvalue weighted by Gasteiger charge is 2.19. The molecule has 2 nitrogen and oxygen atoms in total. The van der Waals surface area contributed by atoms with E-state index in [4.69, 9.17) is 0 Å². The second kappa shape index (κ2) is 5.10. The summed E-state index contributed by atoms with van der Waals surface area (Å²) in [4.78, 5) is 2.45. The Balaban J connectivity index is 1.87. The predicted molar refractivity (Wildman–Crippen MR) is 66.4 cm³/mol. The van der Waals surface area contributed by atoms with Gasteiger partial charge in [-0.15, -0.1) is 0 Å². The van der Waals surface area contributed by atoms with Crippen LogP contribution in [0.15, 0.2) is 16.8 Å². The van der Waals surface area contributed by atoms with E-state index in [9.17, 15) is 0 Å². The summed E-state index contributed by atoms with van der Waals surface area (Å²) >= 11 is 1.79. The first kappa shape index (κ1) is 11.1. The minimum Gasteiger partial charge on any atom is -0.313 e. The molecule has 1 aliphatic heterocycles. The fraction of sp³-hybridized carbons (Fsp3) is 0.667. The van der Waals surface area contributed by atoms with Crippen molar-refractivity contribution in [2.45, 2.75) is 31.8 Å². The standard InChI is InChI=1S/C12H20N2S/c1-10(11-5-7-15-9-11)14(2)8-12-4-3-6-13-12/h5,7,9-10,12-13H,3-4,6,8H2,1-2H3. The normalized spacial score (nSPS) is 23.5. The average molecular weight is 224 g/mol. The van der Waals surface area contributed by atoms with Gasteiger partial charge in [0.1, 0.15) is 0 Å². The van der Waals surface area contributed by atoms with Gasteiger partial charge in [-0.05, 0) is 55.7 Å². The molecule has 1 saturated heterocycles. The van der Waals surface area contributed by atoms with E-state index in [0.717, 1.165) is 6.54 Å². The number of thiophene rings is 1. The van der Waals surface area contributed by atoms with Gasteiger partial charge in [0.05, 0.1) is 0 Å². The minimum atomic E-state index is 0.540. The first-order valence-electron chi connectivity index (χ1n) is 5.73. The molecule has 1 aromatic heterocycles. The summed E-state index contributed by atoms with van der Waals surface area (Å²) in [6, 6.07) is 3.48. The molecule has 0 aromatic carbocycles. The van der Waals surface area contributed by atoms with Gasteiger partial charge in [0.25, 0.3) is 0 Å². The molecule has 0 radical (unpaired) electrons. The topological polar surface area (TPSA) is 15.3 Å². The molecule has 84 valence electrons. The molecule has 2 rings (SSSR count). The molecule has 1 fully saturated rings. The van der Waals surface area contributed by atoms with E-state index in [1.807, 2.05) is 0 Å². The quantitative estimate of drug-likeness (QED) is 0.845. The van der Waals surface area contributed by atoms with Crippen molar-refractivity contribution in [2.75, 3.05) is 20.1 Å². The van der Waals surface area contributed by atoms with Crippen LogP contribution in [0.4, 0.5) is 0 Å². The third kappa shape index (κ3) is 2.80. The maximum absolute atomic E-state index is 3.55. The maximum Gasteiger partial charge on any atom is 0.0325 e. The van der Waals surface area contributed by atoms with Crippen molar-refractivity contribution in [1.82, 2.24) is 10.2 Å². The van der Waals surface area contributed by atoms with Gasteiger partial charge in [0, 0.05) is 18.6 Å². The lowest BCUT2D eigenvalue weighted by Gasteiger charge is -2.27. The number of nitrogens with one attached hydrogen (secondary N) is 1. The number of nitrogens with zero attached hydrogens (tertiary/aromatic N) is 1. The molecule has 2 atom stereocenters. The summed E-state index contributed by atoms with van der Waals surface area (Å²) in [5.74, 6) is 0. The van der Waals surface area contributed by atoms with Crippen LogP contribution in [0.25, 0.3) is 0 Å². The summed E-state index contributed by atoms with van der Waals surface area (Å²) < 4.78 is 0. The molecule has 0 saturated carbocycles. The van der Waals surface area contributed by atoms with Crippen LogP contribution >= 0.6 is 11.3 Å². The van der Waals surface area contributed by atoms with Crippen LogP contribution in [0.3, 0.4) is 0 Å². The lowest BCUT2D eigenvalue weighted by Crippen LogP contribution is -2.36. The van der Waals surface area contributed by atoms with Gasteiger partial charge >= 0.3 is 0 Å². The molecule has 1 aromatic rings. The highest BCUT2D eigenvalue weighted by atomic mass is 32.1. The Kier molecular flexibility index (Phi) is 3.78. The Labute approximate surface area is 96.3 Å². The highest BCUT2D eigenvalue weighted by Crippen LogP contribution is 2.21. The van der Waals surface area contributed by atoms with E-state index < -0.39 is 0 Å². The van der Waals surface area contributed by atoms with E-state index in [1.54, 1.807) is 11.3 Å². The van der Waals surface area contributed by atoms with Crippen LogP contribution in [0, 0.1) is 0 Å². The molecule has 0 aliphatic carbocycles. The molecule has 1 aliphatic rings. The van der Waals surface area contributed by atoms with Crippen LogP contribution in [0.2, 0.25) is 0 Å². The molecular weight excluding hydrogens is 204 g/mol. The summed E-state index contributed by atoms with van der Waals surface area (Å²) in [6.45, 7) is 4.65. The first-order chi connectivity index (χ1) is 7.27. The largest absolute Gasteiger partial charge is 0.313 e. The van der Waals surface area contributed by atoms with Crippen LogP contribution in [0.1, 0.15) is 31.4 Å². The second-order valence-corrected chi connectivity index (χ2v) is 5.25. The SMILES string of the molecule is CC(c1ccsc1)N(C)CC1CCCN1. The molecular formula is C12H20N2S. The Morgan fingerprint density at radius 3 is 3.13 bits per heavy atom. The minimum absolute atomic E-state index is 0.540. The zero-order valence-corrected chi connectivity index (χ0v) is 10.4. The van der Waals surface area contributed by atoms with Gasteiger partial charge in [0.2, 0.25) is 0 Å². The third-order valence-electron chi connectivity index (χ3n) is 3.36. The van der Waals surface area contributed by atoms with Crippen molar-refractivity contribution in [3.05, 3.63) is 22.4 Å². The van der Waals surface area contributed by atoms with Crippen molar-refractivity contribution in [1.29, 1.82) is 0 Å². The first-order valence-corrected chi connectivity index (χ1v) is 6.67. The molecule has 0 bridgehead atoms. The Hall–Kier alpha value is -0.380. The van der Waals surface area contributed by atoms with E-state index >= 15 is 0 Å². The van der Waals surface area contributed by atoms with Gasteiger partial charge in [-0.3, -0.25) is 4.90 Å². The van der Waals surface area contributed by atoms with Gasteiger partial charge in [-0.2, -0.15) is 11.3 Å². The monoisotopic (exact) mass is 224 g/mol.